The molecule has 0 saturated heterocycles. The fraction of sp³-hybridized carbons (Fsp3) is 0.417. The van der Waals surface area contributed by atoms with Gasteiger partial charge in [-0.2, -0.15) is 0 Å². The molecule has 0 aliphatic rings. The first-order chi connectivity index (χ1) is 7.78. The minimum absolute atomic E-state index is 0.159. The molecule has 1 aromatic carbocycles. The van der Waals surface area contributed by atoms with Crippen LogP contribution >= 0.6 is 0 Å². The predicted molar refractivity (Wildman–Crippen MR) is 61.1 cm³/mol. The lowest BCUT2D eigenvalue weighted by molar-refractivity contribution is -0.122. The van der Waals surface area contributed by atoms with Crippen LogP contribution in [0.2, 0.25) is 0 Å². The Morgan fingerprint density at radius 3 is 2.53 bits per heavy atom. The minimum atomic E-state index is -0.920. The third kappa shape index (κ3) is 4.91. The number of halogens is 2. The average molecular weight is 242 g/mol. The van der Waals surface area contributed by atoms with E-state index in [4.69, 9.17) is 5.73 Å². The zero-order valence-corrected chi connectivity index (χ0v) is 9.89. The topological polar surface area (TPSA) is 55.1 Å². The molecule has 5 heteroatoms. The summed E-state index contributed by atoms with van der Waals surface area (Å²) >= 11 is 0. The van der Waals surface area contributed by atoms with Gasteiger partial charge >= 0.3 is 0 Å². The summed E-state index contributed by atoms with van der Waals surface area (Å²) in [5.74, 6) is -2.04. The van der Waals surface area contributed by atoms with Crippen LogP contribution < -0.4 is 11.1 Å². The number of carbonyl (C=O) groups is 1. The number of amides is 1. The Labute approximate surface area is 99.0 Å². The molecule has 0 spiro atoms. The van der Waals surface area contributed by atoms with Crippen molar-refractivity contribution in [1.29, 1.82) is 0 Å². The molecule has 3 nitrogen and oxygen atoms in total. The lowest BCUT2D eigenvalue weighted by Gasteiger charge is -2.17. The standard InChI is InChI=1S/C12H16F2N2O/c1-12(2,15)6-11(17)16-7-8-3-4-9(13)10(14)5-8/h3-5H,6-7,15H2,1-2H3,(H,16,17). The van der Waals surface area contributed by atoms with Crippen molar-refractivity contribution in [1.82, 2.24) is 5.32 Å². The van der Waals surface area contributed by atoms with Gasteiger partial charge in [0.15, 0.2) is 11.6 Å². The molecule has 0 atom stereocenters. The average Bonchev–Trinajstić information content (AvgIpc) is 2.17. The highest BCUT2D eigenvalue weighted by molar-refractivity contribution is 5.77. The van der Waals surface area contributed by atoms with Gasteiger partial charge in [-0.1, -0.05) is 6.07 Å². The van der Waals surface area contributed by atoms with E-state index in [2.05, 4.69) is 5.32 Å². The molecule has 1 rings (SSSR count). The number of nitrogens with two attached hydrogens (primary N) is 1. The summed E-state index contributed by atoms with van der Waals surface area (Å²) < 4.78 is 25.5. The first kappa shape index (κ1) is 13.6. The second kappa shape index (κ2) is 5.23. The first-order valence-electron chi connectivity index (χ1n) is 5.27. The molecule has 0 aromatic heterocycles. The summed E-state index contributed by atoms with van der Waals surface area (Å²) in [6, 6.07) is 3.51. The maximum Gasteiger partial charge on any atom is 0.222 e. The number of hydrogen-bond acceptors (Lipinski definition) is 2. The zero-order valence-electron chi connectivity index (χ0n) is 9.89. The van der Waals surface area contributed by atoms with Crippen molar-refractivity contribution >= 4 is 5.91 Å². The quantitative estimate of drug-likeness (QED) is 0.844. The third-order valence-corrected chi connectivity index (χ3v) is 2.09. The highest BCUT2D eigenvalue weighted by Gasteiger charge is 2.15. The maximum absolute atomic E-state index is 12.9. The van der Waals surface area contributed by atoms with Gasteiger partial charge in [-0.05, 0) is 31.5 Å². The molecule has 3 N–H and O–H groups in total. The number of benzene rings is 1. The van der Waals surface area contributed by atoms with Gasteiger partial charge in [0, 0.05) is 18.5 Å². The molecular weight excluding hydrogens is 226 g/mol. The number of hydrogen-bond donors (Lipinski definition) is 2. The SMILES string of the molecule is CC(C)(N)CC(=O)NCc1ccc(F)c(F)c1. The molecule has 0 saturated carbocycles. The van der Waals surface area contributed by atoms with Crippen LogP contribution in [-0.4, -0.2) is 11.4 Å². The molecule has 1 aromatic rings. The first-order valence-corrected chi connectivity index (χ1v) is 5.27. The second-order valence-corrected chi connectivity index (χ2v) is 4.69. The molecule has 0 fully saturated rings. The summed E-state index contributed by atoms with van der Waals surface area (Å²) in [7, 11) is 0. The molecule has 0 unspecified atom stereocenters. The molecule has 0 heterocycles. The van der Waals surface area contributed by atoms with Crippen LogP contribution in [0.15, 0.2) is 18.2 Å². The van der Waals surface area contributed by atoms with Gasteiger partial charge in [-0.25, -0.2) is 8.78 Å². The van der Waals surface area contributed by atoms with Crippen LogP contribution in [0.5, 0.6) is 0 Å². The number of carbonyl (C=O) groups excluding carboxylic acids is 1. The Hall–Kier alpha value is -1.49. The van der Waals surface area contributed by atoms with E-state index < -0.39 is 17.2 Å². The van der Waals surface area contributed by atoms with E-state index in [0.717, 1.165) is 12.1 Å². The summed E-state index contributed by atoms with van der Waals surface area (Å²) in [6.45, 7) is 3.64. The van der Waals surface area contributed by atoms with Crippen LogP contribution in [0.25, 0.3) is 0 Å². The fourth-order valence-electron chi connectivity index (χ4n) is 1.33. The largest absolute Gasteiger partial charge is 0.352 e. The van der Waals surface area contributed by atoms with Crippen LogP contribution in [0.1, 0.15) is 25.8 Å². The second-order valence-electron chi connectivity index (χ2n) is 4.69. The van der Waals surface area contributed by atoms with Crippen LogP contribution in [0.4, 0.5) is 8.78 Å². The molecule has 94 valence electrons. The maximum atomic E-state index is 12.9. The normalized spacial score (nSPS) is 11.4. The summed E-state index contributed by atoms with van der Waals surface area (Å²) in [6.07, 6.45) is 0.177. The summed E-state index contributed by atoms with van der Waals surface area (Å²) in [4.78, 5) is 11.4. The van der Waals surface area contributed by atoms with Crippen molar-refractivity contribution in [2.45, 2.75) is 32.4 Å². The lowest BCUT2D eigenvalue weighted by Crippen LogP contribution is -2.38. The van der Waals surface area contributed by atoms with Gasteiger partial charge in [-0.3, -0.25) is 4.79 Å². The van der Waals surface area contributed by atoms with Gasteiger partial charge in [0.25, 0.3) is 0 Å². The van der Waals surface area contributed by atoms with E-state index in [9.17, 15) is 13.6 Å². The van der Waals surface area contributed by atoms with E-state index in [-0.39, 0.29) is 18.9 Å². The fourth-order valence-corrected chi connectivity index (χ4v) is 1.33. The monoisotopic (exact) mass is 242 g/mol. The van der Waals surface area contributed by atoms with Gasteiger partial charge < -0.3 is 11.1 Å². The molecule has 0 bridgehead atoms. The lowest BCUT2D eigenvalue weighted by atomic mass is 10.0. The minimum Gasteiger partial charge on any atom is -0.352 e. The Balaban J connectivity index is 2.50. The van der Waals surface area contributed by atoms with Gasteiger partial charge in [-0.15, -0.1) is 0 Å². The van der Waals surface area contributed by atoms with E-state index >= 15 is 0 Å². The molecular formula is C12H16F2N2O. The number of rotatable bonds is 4. The highest BCUT2D eigenvalue weighted by Crippen LogP contribution is 2.09. The van der Waals surface area contributed by atoms with E-state index in [1.807, 2.05) is 0 Å². The Kier molecular flexibility index (Phi) is 4.17. The molecule has 17 heavy (non-hydrogen) atoms. The van der Waals surface area contributed by atoms with Crippen molar-refractivity contribution < 1.29 is 13.6 Å². The summed E-state index contributed by atoms with van der Waals surface area (Å²) in [5, 5.41) is 2.59. The van der Waals surface area contributed by atoms with E-state index in [0.29, 0.717) is 5.56 Å². The highest BCUT2D eigenvalue weighted by atomic mass is 19.2. The van der Waals surface area contributed by atoms with Crippen LogP contribution in [-0.2, 0) is 11.3 Å². The molecule has 0 aliphatic heterocycles. The van der Waals surface area contributed by atoms with Crippen molar-refractivity contribution in [3.05, 3.63) is 35.4 Å². The molecule has 0 aliphatic carbocycles. The van der Waals surface area contributed by atoms with Crippen molar-refractivity contribution in [2.75, 3.05) is 0 Å². The Morgan fingerprint density at radius 2 is 2.00 bits per heavy atom. The van der Waals surface area contributed by atoms with Gasteiger partial charge in [0.1, 0.15) is 0 Å². The molecule has 0 radical (unpaired) electrons. The van der Waals surface area contributed by atoms with E-state index in [1.165, 1.54) is 6.07 Å². The zero-order chi connectivity index (χ0) is 13.1. The van der Waals surface area contributed by atoms with Gasteiger partial charge in [0.05, 0.1) is 0 Å². The Morgan fingerprint density at radius 1 is 1.35 bits per heavy atom. The number of nitrogens with one attached hydrogen (secondary N) is 1. The van der Waals surface area contributed by atoms with Crippen molar-refractivity contribution in [2.24, 2.45) is 5.73 Å². The Bertz CT molecular complexity index is 413. The van der Waals surface area contributed by atoms with Crippen LogP contribution in [0, 0.1) is 11.6 Å². The van der Waals surface area contributed by atoms with Crippen molar-refractivity contribution in [3.63, 3.8) is 0 Å². The third-order valence-electron chi connectivity index (χ3n) is 2.09. The van der Waals surface area contributed by atoms with Crippen molar-refractivity contribution in [3.8, 4) is 0 Å². The van der Waals surface area contributed by atoms with Gasteiger partial charge in [0.2, 0.25) is 5.91 Å². The van der Waals surface area contributed by atoms with E-state index in [1.54, 1.807) is 13.8 Å². The smallest absolute Gasteiger partial charge is 0.222 e. The van der Waals surface area contributed by atoms with Crippen LogP contribution in [0.3, 0.4) is 0 Å². The summed E-state index contributed by atoms with van der Waals surface area (Å²) in [5.41, 5.74) is 5.60. The predicted octanol–water partition coefficient (Wildman–Crippen LogP) is 1.71. The molecule has 1 amide bonds.